The Balaban J connectivity index is 2.92. The smallest absolute Gasteiger partial charge is 0.240 e. The van der Waals surface area contributed by atoms with Crippen LogP contribution in [0, 0.1) is 0 Å². The van der Waals surface area contributed by atoms with E-state index in [2.05, 4.69) is 0 Å². The first-order chi connectivity index (χ1) is 7.04. The van der Waals surface area contributed by atoms with E-state index in [1.807, 2.05) is 0 Å². The normalized spacial score (nSPS) is 12.9. The highest BCUT2D eigenvalue weighted by atomic mass is 19.3. The average Bonchev–Trinajstić information content (AvgIpc) is 2.16. The molecule has 0 unspecified atom stereocenters. The summed E-state index contributed by atoms with van der Waals surface area (Å²) in [5, 5.41) is 9.16. The molecule has 1 aromatic carbocycles. The molecule has 84 valence electrons. The van der Waals surface area contributed by atoms with Crippen molar-refractivity contribution in [2.75, 3.05) is 7.11 Å². The number of phenolic OH excluding ortho intramolecular Hbond substituents is 1. The van der Waals surface area contributed by atoms with Gasteiger partial charge in [0.05, 0.1) is 7.11 Å². The van der Waals surface area contributed by atoms with Crippen molar-refractivity contribution in [2.24, 2.45) is 5.73 Å². The molecular formula is C10H13F2NO2. The number of methoxy groups -OCH3 is 1. The molecule has 0 bridgehead atoms. The molecule has 5 heteroatoms. The van der Waals surface area contributed by atoms with Crippen molar-refractivity contribution in [3.63, 3.8) is 0 Å². The van der Waals surface area contributed by atoms with E-state index in [1.54, 1.807) is 0 Å². The van der Waals surface area contributed by atoms with E-state index in [0.717, 1.165) is 0 Å². The number of phenols is 1. The van der Waals surface area contributed by atoms with Gasteiger partial charge < -0.3 is 15.6 Å². The van der Waals surface area contributed by atoms with E-state index < -0.39 is 18.9 Å². The minimum Gasteiger partial charge on any atom is -0.508 e. The molecule has 0 saturated heterocycles. The average molecular weight is 217 g/mol. The third-order valence-corrected chi connectivity index (χ3v) is 2.05. The number of alkyl halides is 2. The van der Waals surface area contributed by atoms with Crippen molar-refractivity contribution in [3.05, 3.63) is 23.8 Å². The quantitative estimate of drug-likeness (QED) is 0.811. The lowest BCUT2D eigenvalue weighted by Crippen LogP contribution is -2.14. The van der Waals surface area contributed by atoms with Crippen LogP contribution < -0.4 is 10.5 Å². The summed E-state index contributed by atoms with van der Waals surface area (Å²) in [5.41, 5.74) is 6.05. The molecule has 0 aliphatic heterocycles. The topological polar surface area (TPSA) is 55.5 Å². The first-order valence-corrected chi connectivity index (χ1v) is 4.45. The van der Waals surface area contributed by atoms with Gasteiger partial charge in [-0.05, 0) is 6.07 Å². The zero-order chi connectivity index (χ0) is 11.4. The largest absolute Gasteiger partial charge is 0.508 e. The van der Waals surface area contributed by atoms with Crippen molar-refractivity contribution in [3.8, 4) is 11.5 Å². The Morgan fingerprint density at radius 3 is 2.67 bits per heavy atom. The number of ether oxygens (including phenoxy) is 1. The fourth-order valence-corrected chi connectivity index (χ4v) is 1.33. The summed E-state index contributed by atoms with van der Waals surface area (Å²) >= 11 is 0. The highest BCUT2D eigenvalue weighted by Gasteiger charge is 2.16. The van der Waals surface area contributed by atoms with Crippen LogP contribution in [0.2, 0.25) is 0 Å². The first-order valence-electron chi connectivity index (χ1n) is 4.45. The monoisotopic (exact) mass is 217 g/mol. The number of benzene rings is 1. The van der Waals surface area contributed by atoms with E-state index >= 15 is 0 Å². The third kappa shape index (κ3) is 3.06. The van der Waals surface area contributed by atoms with E-state index in [1.165, 1.54) is 25.3 Å². The lowest BCUT2D eigenvalue weighted by molar-refractivity contribution is 0.128. The maximum absolute atomic E-state index is 12.1. The third-order valence-electron chi connectivity index (χ3n) is 2.05. The van der Waals surface area contributed by atoms with Crippen LogP contribution in [0.5, 0.6) is 11.5 Å². The number of aromatic hydroxyl groups is 1. The van der Waals surface area contributed by atoms with E-state index in [0.29, 0.717) is 11.3 Å². The predicted octanol–water partition coefficient (Wildman–Crippen LogP) is 2.06. The summed E-state index contributed by atoms with van der Waals surface area (Å²) in [5.74, 6) is 0.336. The van der Waals surface area contributed by atoms with Gasteiger partial charge in [0.25, 0.3) is 0 Å². The van der Waals surface area contributed by atoms with Gasteiger partial charge in [-0.15, -0.1) is 0 Å². The van der Waals surface area contributed by atoms with Crippen LogP contribution >= 0.6 is 0 Å². The number of nitrogens with two attached hydrogens (primary N) is 1. The first kappa shape index (κ1) is 11.7. The highest BCUT2D eigenvalue weighted by molar-refractivity contribution is 5.41. The summed E-state index contributed by atoms with van der Waals surface area (Å²) in [6.07, 6.45) is -2.89. The molecule has 0 amide bonds. The lowest BCUT2D eigenvalue weighted by Gasteiger charge is -2.15. The van der Waals surface area contributed by atoms with E-state index in [9.17, 15) is 8.78 Å². The van der Waals surface area contributed by atoms with E-state index in [4.69, 9.17) is 15.6 Å². The SMILES string of the molecule is COc1cc(O)ccc1[C@H](N)CC(F)F. The fourth-order valence-electron chi connectivity index (χ4n) is 1.33. The van der Waals surface area contributed by atoms with Crippen LogP contribution in [0.1, 0.15) is 18.0 Å². The maximum atomic E-state index is 12.1. The van der Waals surface area contributed by atoms with Gasteiger partial charge in [-0.2, -0.15) is 0 Å². The zero-order valence-electron chi connectivity index (χ0n) is 8.28. The Labute approximate surface area is 86.5 Å². The Bertz CT molecular complexity index is 331. The Morgan fingerprint density at radius 1 is 1.47 bits per heavy atom. The summed E-state index contributed by atoms with van der Waals surface area (Å²) in [6.45, 7) is 0. The zero-order valence-corrected chi connectivity index (χ0v) is 8.28. The van der Waals surface area contributed by atoms with E-state index in [-0.39, 0.29) is 5.75 Å². The van der Waals surface area contributed by atoms with Gasteiger partial charge in [0, 0.05) is 24.1 Å². The van der Waals surface area contributed by atoms with Crippen molar-refractivity contribution < 1.29 is 18.6 Å². The molecule has 0 heterocycles. The van der Waals surface area contributed by atoms with Crippen molar-refractivity contribution in [1.29, 1.82) is 0 Å². The molecule has 0 fully saturated rings. The van der Waals surface area contributed by atoms with Crippen LogP contribution in [-0.2, 0) is 0 Å². The molecule has 1 aromatic rings. The van der Waals surface area contributed by atoms with Crippen molar-refractivity contribution in [1.82, 2.24) is 0 Å². The van der Waals surface area contributed by atoms with Crippen LogP contribution in [0.3, 0.4) is 0 Å². The van der Waals surface area contributed by atoms with Gasteiger partial charge >= 0.3 is 0 Å². The second kappa shape index (κ2) is 4.93. The molecule has 0 aliphatic carbocycles. The van der Waals surface area contributed by atoms with Gasteiger partial charge in [-0.25, -0.2) is 8.78 Å². The standard InChI is InChI=1S/C10H13F2NO2/c1-15-9-4-6(14)2-3-7(9)8(13)5-10(11)12/h2-4,8,10,14H,5,13H2,1H3/t8-/m1/s1. The molecule has 3 nitrogen and oxygen atoms in total. The van der Waals surface area contributed by atoms with Crippen LogP contribution in [0.25, 0.3) is 0 Å². The lowest BCUT2D eigenvalue weighted by atomic mass is 10.0. The molecule has 15 heavy (non-hydrogen) atoms. The number of halogens is 2. The number of rotatable bonds is 4. The second-order valence-electron chi connectivity index (χ2n) is 3.16. The van der Waals surface area contributed by atoms with Gasteiger partial charge in [-0.3, -0.25) is 0 Å². The number of hydrogen-bond acceptors (Lipinski definition) is 3. The molecule has 1 atom stereocenters. The minimum absolute atomic E-state index is 0.0137. The molecule has 0 saturated carbocycles. The summed E-state index contributed by atoms with van der Waals surface area (Å²) in [4.78, 5) is 0. The molecule has 1 rings (SSSR count). The minimum atomic E-state index is -2.46. The summed E-state index contributed by atoms with van der Waals surface area (Å²) in [6, 6.07) is 3.44. The summed E-state index contributed by atoms with van der Waals surface area (Å²) in [7, 11) is 1.40. The molecular weight excluding hydrogens is 204 g/mol. The predicted molar refractivity (Wildman–Crippen MR) is 52.2 cm³/mol. The second-order valence-corrected chi connectivity index (χ2v) is 3.16. The van der Waals surface area contributed by atoms with Gasteiger partial charge in [0.15, 0.2) is 0 Å². The highest BCUT2D eigenvalue weighted by Crippen LogP contribution is 2.30. The maximum Gasteiger partial charge on any atom is 0.240 e. The molecule has 0 aromatic heterocycles. The van der Waals surface area contributed by atoms with Crippen molar-refractivity contribution in [2.45, 2.75) is 18.9 Å². The Kier molecular flexibility index (Phi) is 3.85. The number of hydrogen-bond donors (Lipinski definition) is 2. The Morgan fingerprint density at radius 2 is 2.13 bits per heavy atom. The van der Waals surface area contributed by atoms with Gasteiger partial charge in [0.2, 0.25) is 6.43 Å². The van der Waals surface area contributed by atoms with Crippen LogP contribution in [0.4, 0.5) is 8.78 Å². The van der Waals surface area contributed by atoms with Crippen LogP contribution in [0.15, 0.2) is 18.2 Å². The van der Waals surface area contributed by atoms with Gasteiger partial charge in [0.1, 0.15) is 11.5 Å². The fraction of sp³-hybridized carbons (Fsp3) is 0.400. The Hall–Kier alpha value is -1.36. The molecule has 0 aliphatic rings. The van der Waals surface area contributed by atoms with Crippen LogP contribution in [-0.4, -0.2) is 18.6 Å². The molecule has 0 radical (unpaired) electrons. The van der Waals surface area contributed by atoms with Gasteiger partial charge in [-0.1, -0.05) is 6.07 Å². The summed E-state index contributed by atoms with van der Waals surface area (Å²) < 4.78 is 29.2. The molecule has 3 N–H and O–H groups in total. The van der Waals surface area contributed by atoms with Crippen molar-refractivity contribution >= 4 is 0 Å². The molecule has 0 spiro atoms.